The number of amides is 2. The summed E-state index contributed by atoms with van der Waals surface area (Å²) in [6, 6.07) is 10.2. The number of carbonyl (C=O) groups excluding carboxylic acids is 1. The van der Waals surface area contributed by atoms with E-state index in [0.29, 0.717) is 12.2 Å². The van der Waals surface area contributed by atoms with Crippen molar-refractivity contribution in [3.05, 3.63) is 41.3 Å². The summed E-state index contributed by atoms with van der Waals surface area (Å²) in [5.41, 5.74) is 1.24. The molecule has 1 aromatic carbocycles. The molecular formula is C16H19N3O3S2. The number of carbonyl (C=O) groups is 1. The Morgan fingerprint density at radius 2 is 1.79 bits per heavy atom. The average Bonchev–Trinajstić information content (AvgIpc) is 2.98. The average molecular weight is 365 g/mol. The molecule has 1 N–H and O–H groups in total. The van der Waals surface area contributed by atoms with E-state index in [4.69, 9.17) is 0 Å². The molecule has 0 bridgehead atoms. The zero-order valence-corrected chi connectivity index (χ0v) is 15.2. The number of rotatable bonds is 4. The quantitative estimate of drug-likeness (QED) is 0.905. The van der Waals surface area contributed by atoms with Crippen LogP contribution in [0.1, 0.15) is 11.3 Å². The highest BCUT2D eigenvalue weighted by molar-refractivity contribution is 7.94. The Morgan fingerprint density at radius 1 is 1.08 bits per heavy atom. The minimum absolute atomic E-state index is 0.0383. The minimum Gasteiger partial charge on any atom is -0.327 e. The number of hydrogen-bond acceptors (Lipinski definition) is 4. The molecule has 24 heavy (non-hydrogen) atoms. The van der Waals surface area contributed by atoms with Crippen molar-refractivity contribution in [1.29, 1.82) is 0 Å². The predicted molar refractivity (Wildman–Crippen MR) is 96.3 cm³/mol. The van der Waals surface area contributed by atoms with Crippen molar-refractivity contribution >= 4 is 38.8 Å². The van der Waals surface area contributed by atoms with Crippen molar-refractivity contribution in [2.24, 2.45) is 0 Å². The summed E-state index contributed by atoms with van der Waals surface area (Å²) in [6.45, 7) is 3.29. The van der Waals surface area contributed by atoms with Crippen molar-refractivity contribution in [3.8, 4) is 0 Å². The van der Waals surface area contributed by atoms with Crippen molar-refractivity contribution in [2.75, 3.05) is 29.8 Å². The summed E-state index contributed by atoms with van der Waals surface area (Å²) < 4.78 is 27.5. The first kappa shape index (κ1) is 16.8. The first-order valence-corrected chi connectivity index (χ1v) is 9.89. The van der Waals surface area contributed by atoms with Crippen LogP contribution in [0.25, 0.3) is 0 Å². The Labute approximate surface area is 145 Å². The Kier molecular flexibility index (Phi) is 4.51. The van der Waals surface area contributed by atoms with Crippen LogP contribution in [0.2, 0.25) is 0 Å². The van der Waals surface area contributed by atoms with Crippen LogP contribution in [0.3, 0.4) is 0 Å². The molecule has 0 saturated carbocycles. The fraction of sp³-hybridized carbons (Fsp3) is 0.312. The molecule has 0 spiro atoms. The number of urea groups is 1. The Bertz CT molecular complexity index is 844. The van der Waals surface area contributed by atoms with Gasteiger partial charge in [0.15, 0.2) is 0 Å². The van der Waals surface area contributed by atoms with Crippen molar-refractivity contribution in [2.45, 2.75) is 17.6 Å². The van der Waals surface area contributed by atoms with Gasteiger partial charge in [-0.05, 0) is 49.7 Å². The van der Waals surface area contributed by atoms with Crippen LogP contribution in [0.5, 0.6) is 0 Å². The second kappa shape index (κ2) is 6.45. The molecule has 1 saturated heterocycles. The highest BCUT2D eigenvalue weighted by Crippen LogP contribution is 2.25. The van der Waals surface area contributed by atoms with E-state index < -0.39 is 10.0 Å². The molecule has 6 nitrogen and oxygen atoms in total. The van der Waals surface area contributed by atoms with Gasteiger partial charge in [-0.25, -0.2) is 13.2 Å². The number of hydrogen-bond donors (Lipinski definition) is 1. The normalized spacial score (nSPS) is 15.7. The van der Waals surface area contributed by atoms with E-state index in [0.717, 1.165) is 23.5 Å². The Balaban J connectivity index is 1.76. The molecule has 8 heteroatoms. The number of thiophene rings is 1. The third-order valence-electron chi connectivity index (χ3n) is 3.84. The van der Waals surface area contributed by atoms with Crippen molar-refractivity contribution in [1.82, 2.24) is 4.90 Å². The van der Waals surface area contributed by atoms with Crippen molar-refractivity contribution in [3.63, 3.8) is 0 Å². The SMILES string of the molecule is Cc1ccc(S(=O)(=O)Nc2ccc(N3CCCN(C)C3=O)cc2)s1. The van der Waals surface area contributed by atoms with Crippen LogP contribution in [0.15, 0.2) is 40.6 Å². The van der Waals surface area contributed by atoms with E-state index in [1.807, 2.05) is 6.92 Å². The van der Waals surface area contributed by atoms with Crippen LogP contribution in [0, 0.1) is 6.92 Å². The molecule has 2 aromatic rings. The van der Waals surface area contributed by atoms with Crippen LogP contribution < -0.4 is 9.62 Å². The molecular weight excluding hydrogens is 346 g/mol. The minimum atomic E-state index is -3.57. The molecule has 128 valence electrons. The molecule has 0 unspecified atom stereocenters. The van der Waals surface area contributed by atoms with Gasteiger partial charge in [-0.3, -0.25) is 9.62 Å². The van der Waals surface area contributed by atoms with E-state index >= 15 is 0 Å². The van der Waals surface area contributed by atoms with Gasteiger partial charge in [0.05, 0.1) is 0 Å². The van der Waals surface area contributed by atoms with Gasteiger partial charge in [-0.1, -0.05) is 0 Å². The largest absolute Gasteiger partial charge is 0.327 e. The fourth-order valence-corrected chi connectivity index (χ4v) is 4.92. The molecule has 1 aliphatic rings. The molecule has 0 atom stereocenters. The topological polar surface area (TPSA) is 69.7 Å². The molecule has 2 amide bonds. The number of benzene rings is 1. The third-order valence-corrected chi connectivity index (χ3v) is 6.72. The first-order chi connectivity index (χ1) is 11.4. The molecule has 0 radical (unpaired) electrons. The molecule has 1 fully saturated rings. The highest BCUT2D eigenvalue weighted by Gasteiger charge is 2.24. The number of nitrogens with one attached hydrogen (secondary N) is 1. The van der Waals surface area contributed by atoms with E-state index in [1.165, 1.54) is 11.3 Å². The third kappa shape index (κ3) is 3.39. The first-order valence-electron chi connectivity index (χ1n) is 7.59. The number of anilines is 2. The van der Waals surface area contributed by atoms with E-state index in [-0.39, 0.29) is 10.2 Å². The zero-order valence-electron chi connectivity index (χ0n) is 13.5. The fourth-order valence-electron chi connectivity index (χ4n) is 2.57. The maximum atomic E-state index is 12.3. The summed E-state index contributed by atoms with van der Waals surface area (Å²) >= 11 is 1.23. The van der Waals surface area contributed by atoms with E-state index in [2.05, 4.69) is 4.72 Å². The summed E-state index contributed by atoms with van der Waals surface area (Å²) in [7, 11) is -1.79. The van der Waals surface area contributed by atoms with Gasteiger partial charge in [0.1, 0.15) is 4.21 Å². The highest BCUT2D eigenvalue weighted by atomic mass is 32.2. The molecule has 1 aromatic heterocycles. The maximum absolute atomic E-state index is 12.3. The van der Waals surface area contributed by atoms with Crippen LogP contribution in [-0.2, 0) is 10.0 Å². The summed E-state index contributed by atoms with van der Waals surface area (Å²) in [6.07, 6.45) is 0.911. The van der Waals surface area contributed by atoms with Gasteiger partial charge in [-0.2, -0.15) is 0 Å². The van der Waals surface area contributed by atoms with Gasteiger partial charge in [-0.15, -0.1) is 11.3 Å². The zero-order chi connectivity index (χ0) is 17.3. The second-order valence-corrected chi connectivity index (χ2v) is 8.92. The Hall–Kier alpha value is -2.06. The standard InChI is InChI=1S/C16H19N3O3S2/c1-12-4-9-15(23-12)24(21,22)17-13-5-7-14(8-6-13)19-11-3-10-18(2)16(19)20/h4-9,17H,3,10-11H2,1-2H3. The number of nitrogens with zero attached hydrogens (tertiary/aromatic N) is 2. The number of sulfonamides is 1. The van der Waals surface area contributed by atoms with Gasteiger partial charge in [0.25, 0.3) is 10.0 Å². The summed E-state index contributed by atoms with van der Waals surface area (Å²) in [5, 5.41) is 0. The molecule has 0 aliphatic carbocycles. The lowest BCUT2D eigenvalue weighted by atomic mass is 10.2. The monoisotopic (exact) mass is 365 g/mol. The van der Waals surface area contributed by atoms with Crippen LogP contribution in [0.4, 0.5) is 16.2 Å². The second-order valence-electron chi connectivity index (χ2n) is 5.73. The lowest BCUT2D eigenvalue weighted by molar-refractivity contribution is 0.207. The lowest BCUT2D eigenvalue weighted by Gasteiger charge is -2.33. The Morgan fingerprint density at radius 3 is 2.42 bits per heavy atom. The van der Waals surface area contributed by atoms with Gasteiger partial charge in [0, 0.05) is 36.4 Å². The van der Waals surface area contributed by atoms with E-state index in [9.17, 15) is 13.2 Å². The lowest BCUT2D eigenvalue weighted by Crippen LogP contribution is -2.47. The maximum Gasteiger partial charge on any atom is 0.324 e. The molecule has 2 heterocycles. The molecule has 3 rings (SSSR count). The predicted octanol–water partition coefficient (Wildman–Crippen LogP) is 3.12. The summed E-state index contributed by atoms with van der Waals surface area (Å²) in [4.78, 5) is 16.5. The van der Waals surface area contributed by atoms with Gasteiger partial charge in [0.2, 0.25) is 0 Å². The number of aryl methyl sites for hydroxylation is 1. The summed E-state index contributed by atoms with van der Waals surface area (Å²) in [5.74, 6) is 0. The molecule has 1 aliphatic heterocycles. The van der Waals surface area contributed by atoms with E-state index in [1.54, 1.807) is 53.2 Å². The smallest absolute Gasteiger partial charge is 0.324 e. The van der Waals surface area contributed by atoms with Gasteiger partial charge < -0.3 is 4.90 Å². The van der Waals surface area contributed by atoms with Crippen molar-refractivity contribution < 1.29 is 13.2 Å². The van der Waals surface area contributed by atoms with Crippen LogP contribution in [-0.4, -0.2) is 39.5 Å². The van der Waals surface area contributed by atoms with Crippen LogP contribution >= 0.6 is 11.3 Å². The van der Waals surface area contributed by atoms with Gasteiger partial charge >= 0.3 is 6.03 Å².